The SMILES string of the molecule is OCCCCc1nc(C2CSc3ccccc3O2)no1. The van der Waals surface area contributed by atoms with Crippen molar-refractivity contribution in [3.63, 3.8) is 0 Å². The van der Waals surface area contributed by atoms with Crippen molar-refractivity contribution < 1.29 is 14.4 Å². The van der Waals surface area contributed by atoms with Crippen molar-refractivity contribution in [2.24, 2.45) is 0 Å². The molecule has 1 aliphatic heterocycles. The molecular formula is C14H16N2O3S. The van der Waals surface area contributed by atoms with Crippen LogP contribution in [0.1, 0.15) is 30.7 Å². The van der Waals surface area contributed by atoms with Crippen molar-refractivity contribution >= 4 is 11.8 Å². The van der Waals surface area contributed by atoms with E-state index in [9.17, 15) is 0 Å². The van der Waals surface area contributed by atoms with E-state index in [1.165, 1.54) is 0 Å². The van der Waals surface area contributed by atoms with Crippen LogP contribution in [0, 0.1) is 0 Å². The highest BCUT2D eigenvalue weighted by Crippen LogP contribution is 2.39. The Hall–Kier alpha value is -1.53. The van der Waals surface area contributed by atoms with Gasteiger partial charge in [0, 0.05) is 23.7 Å². The van der Waals surface area contributed by atoms with Gasteiger partial charge in [0.05, 0.1) is 0 Å². The van der Waals surface area contributed by atoms with Crippen molar-refractivity contribution in [2.75, 3.05) is 12.4 Å². The maximum Gasteiger partial charge on any atom is 0.226 e. The standard InChI is InChI=1S/C14H16N2O3S/c17-8-4-3-7-13-15-14(16-19-13)11-9-20-12-6-2-1-5-10(12)18-11/h1-2,5-6,11,17H,3-4,7-9H2. The molecule has 2 heterocycles. The molecule has 6 heteroatoms. The van der Waals surface area contributed by atoms with Gasteiger partial charge in [-0.25, -0.2) is 0 Å². The number of thioether (sulfide) groups is 1. The van der Waals surface area contributed by atoms with E-state index in [1.807, 2.05) is 24.3 Å². The first-order valence-corrected chi connectivity index (χ1v) is 7.67. The monoisotopic (exact) mass is 292 g/mol. The molecule has 0 bridgehead atoms. The molecule has 20 heavy (non-hydrogen) atoms. The highest BCUT2D eigenvalue weighted by molar-refractivity contribution is 7.99. The Morgan fingerprint density at radius 1 is 1.30 bits per heavy atom. The molecule has 1 aromatic heterocycles. The minimum atomic E-state index is -0.162. The molecule has 2 aromatic rings. The molecule has 106 valence electrons. The zero-order valence-corrected chi connectivity index (χ0v) is 11.8. The lowest BCUT2D eigenvalue weighted by Gasteiger charge is -2.22. The van der Waals surface area contributed by atoms with Gasteiger partial charge in [0.15, 0.2) is 6.10 Å². The summed E-state index contributed by atoms with van der Waals surface area (Å²) in [4.78, 5) is 5.53. The van der Waals surface area contributed by atoms with Gasteiger partial charge in [-0.1, -0.05) is 17.3 Å². The lowest BCUT2D eigenvalue weighted by Crippen LogP contribution is -2.16. The van der Waals surface area contributed by atoms with Gasteiger partial charge in [0.25, 0.3) is 0 Å². The van der Waals surface area contributed by atoms with E-state index in [0.717, 1.165) is 29.2 Å². The summed E-state index contributed by atoms with van der Waals surface area (Å²) < 4.78 is 11.1. The summed E-state index contributed by atoms with van der Waals surface area (Å²) in [7, 11) is 0. The Kier molecular flexibility index (Phi) is 4.22. The third-order valence-corrected chi connectivity index (χ3v) is 4.20. The van der Waals surface area contributed by atoms with E-state index < -0.39 is 0 Å². The van der Waals surface area contributed by atoms with E-state index in [0.29, 0.717) is 18.1 Å². The fourth-order valence-electron chi connectivity index (χ4n) is 2.04. The van der Waals surface area contributed by atoms with Crippen LogP contribution in [0.3, 0.4) is 0 Å². The highest BCUT2D eigenvalue weighted by atomic mass is 32.2. The quantitative estimate of drug-likeness (QED) is 0.854. The Balaban J connectivity index is 1.66. The highest BCUT2D eigenvalue weighted by Gasteiger charge is 2.25. The average Bonchev–Trinajstić information content (AvgIpc) is 2.96. The van der Waals surface area contributed by atoms with Crippen LogP contribution in [0.25, 0.3) is 0 Å². The van der Waals surface area contributed by atoms with Crippen LogP contribution in [0.4, 0.5) is 0 Å². The summed E-state index contributed by atoms with van der Waals surface area (Å²) in [6, 6.07) is 7.96. The number of aryl methyl sites for hydroxylation is 1. The number of aliphatic hydroxyl groups is 1. The normalized spacial score (nSPS) is 17.6. The second kappa shape index (κ2) is 6.28. The van der Waals surface area contributed by atoms with Crippen molar-refractivity contribution in [1.82, 2.24) is 10.1 Å². The predicted molar refractivity (Wildman–Crippen MR) is 74.9 cm³/mol. The lowest BCUT2D eigenvalue weighted by molar-refractivity contribution is 0.205. The van der Waals surface area contributed by atoms with Gasteiger partial charge in [-0.15, -0.1) is 11.8 Å². The molecule has 0 spiro atoms. The molecule has 0 aliphatic carbocycles. The smallest absolute Gasteiger partial charge is 0.226 e. The van der Waals surface area contributed by atoms with E-state index >= 15 is 0 Å². The van der Waals surface area contributed by atoms with E-state index in [2.05, 4.69) is 10.1 Å². The maximum absolute atomic E-state index is 8.76. The number of aliphatic hydroxyl groups excluding tert-OH is 1. The van der Waals surface area contributed by atoms with Crippen LogP contribution in [-0.4, -0.2) is 27.6 Å². The van der Waals surface area contributed by atoms with Crippen LogP contribution in [0.15, 0.2) is 33.7 Å². The first-order chi connectivity index (χ1) is 9.86. The van der Waals surface area contributed by atoms with Crippen LogP contribution in [-0.2, 0) is 6.42 Å². The van der Waals surface area contributed by atoms with Crippen molar-refractivity contribution in [3.05, 3.63) is 36.0 Å². The van der Waals surface area contributed by atoms with E-state index in [1.54, 1.807) is 11.8 Å². The number of para-hydroxylation sites is 1. The second-order valence-electron chi connectivity index (χ2n) is 4.59. The number of benzene rings is 1. The number of nitrogens with zero attached hydrogens (tertiary/aromatic N) is 2. The number of fused-ring (bicyclic) bond motifs is 1. The summed E-state index contributed by atoms with van der Waals surface area (Å²) in [6.45, 7) is 0.195. The number of unbranched alkanes of at least 4 members (excludes halogenated alkanes) is 1. The van der Waals surface area contributed by atoms with Gasteiger partial charge >= 0.3 is 0 Å². The molecule has 1 aromatic carbocycles. The zero-order valence-electron chi connectivity index (χ0n) is 11.0. The summed E-state index contributed by atoms with van der Waals surface area (Å²) in [5.74, 6) is 2.87. The van der Waals surface area contributed by atoms with Gasteiger partial charge in [-0.3, -0.25) is 0 Å². The van der Waals surface area contributed by atoms with Gasteiger partial charge < -0.3 is 14.4 Å². The van der Waals surface area contributed by atoms with Crippen molar-refractivity contribution in [3.8, 4) is 5.75 Å². The molecular weight excluding hydrogens is 276 g/mol. The summed E-state index contributed by atoms with van der Waals surface area (Å²) >= 11 is 1.74. The second-order valence-corrected chi connectivity index (χ2v) is 5.65. The number of aromatic nitrogens is 2. The third-order valence-electron chi connectivity index (χ3n) is 3.08. The van der Waals surface area contributed by atoms with Crippen LogP contribution >= 0.6 is 11.8 Å². The van der Waals surface area contributed by atoms with Gasteiger partial charge in [-0.2, -0.15) is 4.98 Å². The first kappa shape index (κ1) is 13.5. The lowest BCUT2D eigenvalue weighted by atomic mass is 10.2. The maximum atomic E-state index is 8.76. The molecule has 0 radical (unpaired) electrons. The number of hydrogen-bond donors (Lipinski definition) is 1. The van der Waals surface area contributed by atoms with Gasteiger partial charge in [0.2, 0.25) is 11.7 Å². The van der Waals surface area contributed by atoms with Crippen LogP contribution in [0.2, 0.25) is 0 Å². The minimum absolute atomic E-state index is 0.162. The van der Waals surface area contributed by atoms with E-state index in [-0.39, 0.29) is 12.7 Å². The molecule has 0 fully saturated rings. The van der Waals surface area contributed by atoms with Crippen molar-refractivity contribution in [2.45, 2.75) is 30.3 Å². The minimum Gasteiger partial charge on any atom is -0.480 e. The Bertz CT molecular complexity index is 573. The average molecular weight is 292 g/mol. The summed E-state index contributed by atoms with van der Waals surface area (Å²) in [6.07, 6.45) is 2.14. The summed E-state index contributed by atoms with van der Waals surface area (Å²) in [5.41, 5.74) is 0. The molecule has 0 amide bonds. The molecule has 5 nitrogen and oxygen atoms in total. The molecule has 0 saturated heterocycles. The Labute approximate surface area is 121 Å². The van der Waals surface area contributed by atoms with Gasteiger partial charge in [-0.05, 0) is 25.0 Å². The fourth-order valence-corrected chi connectivity index (χ4v) is 3.02. The number of rotatable bonds is 5. The van der Waals surface area contributed by atoms with Crippen LogP contribution in [0.5, 0.6) is 5.75 Å². The van der Waals surface area contributed by atoms with Crippen LogP contribution < -0.4 is 4.74 Å². The number of ether oxygens (including phenoxy) is 1. The molecule has 1 atom stereocenters. The molecule has 3 rings (SSSR count). The molecule has 1 unspecified atom stereocenters. The number of hydrogen-bond acceptors (Lipinski definition) is 6. The molecule has 1 N–H and O–H groups in total. The third kappa shape index (κ3) is 2.96. The zero-order chi connectivity index (χ0) is 13.8. The molecule has 1 aliphatic rings. The topological polar surface area (TPSA) is 68.4 Å². The molecule has 0 saturated carbocycles. The van der Waals surface area contributed by atoms with Crippen molar-refractivity contribution in [1.29, 1.82) is 0 Å². The largest absolute Gasteiger partial charge is 0.480 e. The Morgan fingerprint density at radius 3 is 3.10 bits per heavy atom. The van der Waals surface area contributed by atoms with Gasteiger partial charge in [0.1, 0.15) is 5.75 Å². The predicted octanol–water partition coefficient (Wildman–Crippen LogP) is 2.61. The van der Waals surface area contributed by atoms with E-state index in [4.69, 9.17) is 14.4 Å². The Morgan fingerprint density at radius 2 is 2.20 bits per heavy atom. The fraction of sp³-hybridized carbons (Fsp3) is 0.429. The summed E-state index contributed by atoms with van der Waals surface area (Å²) in [5, 5.41) is 12.8. The first-order valence-electron chi connectivity index (χ1n) is 6.68.